The highest BCUT2D eigenvalue weighted by atomic mass is 19.4. The SMILES string of the molecule is NC(=O)[C@@H](Cc1ccccc1[N+](=O)[O-])NC(=O)[C@H](O)c1ccc(C(F)(F)F)cc1. The highest BCUT2D eigenvalue weighted by Crippen LogP contribution is 2.30. The second kappa shape index (κ2) is 8.69. The van der Waals surface area contributed by atoms with Crippen LogP contribution < -0.4 is 11.1 Å². The topological polar surface area (TPSA) is 136 Å². The van der Waals surface area contributed by atoms with E-state index in [1.165, 1.54) is 24.3 Å². The minimum Gasteiger partial charge on any atom is -0.378 e. The van der Waals surface area contributed by atoms with Crippen LogP contribution in [-0.4, -0.2) is 27.9 Å². The Kier molecular flexibility index (Phi) is 6.54. The molecule has 8 nitrogen and oxygen atoms in total. The second-order valence-electron chi connectivity index (χ2n) is 6.08. The number of amides is 2. The van der Waals surface area contributed by atoms with Crippen molar-refractivity contribution in [1.29, 1.82) is 0 Å². The van der Waals surface area contributed by atoms with Crippen LogP contribution >= 0.6 is 0 Å². The predicted molar refractivity (Wildman–Crippen MR) is 94.3 cm³/mol. The number of nitro groups is 1. The first-order chi connectivity index (χ1) is 13.5. The van der Waals surface area contributed by atoms with Gasteiger partial charge in [0.25, 0.3) is 11.6 Å². The second-order valence-corrected chi connectivity index (χ2v) is 6.08. The summed E-state index contributed by atoms with van der Waals surface area (Å²) in [6, 6.07) is 7.39. The van der Waals surface area contributed by atoms with E-state index in [0.29, 0.717) is 12.1 Å². The summed E-state index contributed by atoms with van der Waals surface area (Å²) < 4.78 is 37.8. The van der Waals surface area contributed by atoms with Crippen molar-refractivity contribution < 1.29 is 32.8 Å². The van der Waals surface area contributed by atoms with Crippen molar-refractivity contribution in [3.8, 4) is 0 Å². The van der Waals surface area contributed by atoms with Gasteiger partial charge in [0.1, 0.15) is 6.04 Å². The van der Waals surface area contributed by atoms with Gasteiger partial charge < -0.3 is 16.2 Å². The molecule has 4 N–H and O–H groups in total. The Morgan fingerprint density at radius 1 is 1.14 bits per heavy atom. The van der Waals surface area contributed by atoms with Crippen LogP contribution in [0, 0.1) is 10.1 Å². The molecule has 0 spiro atoms. The van der Waals surface area contributed by atoms with Gasteiger partial charge >= 0.3 is 6.18 Å². The number of hydrogen-bond donors (Lipinski definition) is 3. The van der Waals surface area contributed by atoms with Crippen LogP contribution in [0.25, 0.3) is 0 Å². The van der Waals surface area contributed by atoms with E-state index < -0.39 is 40.6 Å². The highest BCUT2D eigenvalue weighted by Gasteiger charge is 2.31. The van der Waals surface area contributed by atoms with Crippen LogP contribution in [0.4, 0.5) is 18.9 Å². The minimum absolute atomic E-state index is 0.130. The number of para-hydroxylation sites is 1. The first-order valence-corrected chi connectivity index (χ1v) is 8.18. The zero-order chi connectivity index (χ0) is 21.8. The summed E-state index contributed by atoms with van der Waals surface area (Å²) >= 11 is 0. The molecule has 0 aliphatic rings. The van der Waals surface area contributed by atoms with E-state index in [2.05, 4.69) is 5.32 Å². The van der Waals surface area contributed by atoms with Crippen LogP contribution in [0.3, 0.4) is 0 Å². The number of rotatable bonds is 7. The molecule has 11 heteroatoms. The van der Waals surface area contributed by atoms with Gasteiger partial charge in [0.15, 0.2) is 6.10 Å². The molecular weight excluding hydrogens is 395 g/mol. The van der Waals surface area contributed by atoms with Gasteiger partial charge in [0, 0.05) is 18.1 Å². The fourth-order valence-corrected chi connectivity index (χ4v) is 2.56. The Morgan fingerprint density at radius 3 is 2.24 bits per heavy atom. The lowest BCUT2D eigenvalue weighted by atomic mass is 10.0. The molecule has 0 fully saturated rings. The molecule has 2 rings (SSSR count). The van der Waals surface area contributed by atoms with Crippen molar-refractivity contribution in [2.45, 2.75) is 24.7 Å². The number of nitro benzene ring substituents is 1. The lowest BCUT2D eigenvalue weighted by Gasteiger charge is -2.18. The first-order valence-electron chi connectivity index (χ1n) is 8.18. The summed E-state index contributed by atoms with van der Waals surface area (Å²) in [4.78, 5) is 34.3. The molecule has 2 atom stereocenters. The van der Waals surface area contributed by atoms with Crippen LogP contribution in [0.15, 0.2) is 48.5 Å². The lowest BCUT2D eigenvalue weighted by molar-refractivity contribution is -0.385. The third-order valence-corrected chi connectivity index (χ3v) is 4.07. The van der Waals surface area contributed by atoms with Gasteiger partial charge in [0.05, 0.1) is 10.5 Å². The van der Waals surface area contributed by atoms with Gasteiger partial charge in [-0.1, -0.05) is 30.3 Å². The Bertz CT molecular complexity index is 916. The predicted octanol–water partition coefficient (Wildman–Crippen LogP) is 1.86. The van der Waals surface area contributed by atoms with E-state index in [4.69, 9.17) is 5.73 Å². The molecular formula is C18H16F3N3O5. The summed E-state index contributed by atoms with van der Waals surface area (Å²) in [5, 5.41) is 23.3. The van der Waals surface area contributed by atoms with Crippen molar-refractivity contribution in [2.75, 3.05) is 0 Å². The van der Waals surface area contributed by atoms with Crippen LogP contribution in [-0.2, 0) is 22.2 Å². The van der Waals surface area contributed by atoms with Gasteiger partial charge in [0.2, 0.25) is 5.91 Å². The Balaban J connectivity index is 2.15. The molecule has 0 aliphatic heterocycles. The molecule has 0 bridgehead atoms. The molecule has 2 amide bonds. The summed E-state index contributed by atoms with van der Waals surface area (Å²) in [5.41, 5.74) is 3.99. The number of hydrogen-bond acceptors (Lipinski definition) is 5. The summed E-state index contributed by atoms with van der Waals surface area (Å²) in [6.07, 6.45) is -6.75. The average Bonchev–Trinajstić information content (AvgIpc) is 2.66. The molecule has 0 saturated carbocycles. The van der Waals surface area contributed by atoms with Gasteiger partial charge in [-0.15, -0.1) is 0 Å². The molecule has 0 saturated heterocycles. The van der Waals surface area contributed by atoms with Crippen molar-refractivity contribution >= 4 is 17.5 Å². The molecule has 0 aliphatic carbocycles. The average molecular weight is 411 g/mol. The maximum atomic E-state index is 12.6. The monoisotopic (exact) mass is 411 g/mol. The number of aliphatic hydroxyl groups excluding tert-OH is 1. The van der Waals surface area contributed by atoms with Gasteiger partial charge in [-0.25, -0.2) is 0 Å². The number of carbonyl (C=O) groups excluding carboxylic acids is 2. The highest BCUT2D eigenvalue weighted by molar-refractivity contribution is 5.89. The number of carbonyl (C=O) groups is 2. The number of alkyl halides is 3. The lowest BCUT2D eigenvalue weighted by Crippen LogP contribution is -2.47. The molecule has 0 radical (unpaired) electrons. The third-order valence-electron chi connectivity index (χ3n) is 4.07. The summed E-state index contributed by atoms with van der Waals surface area (Å²) in [7, 11) is 0. The number of benzene rings is 2. The fraction of sp³-hybridized carbons (Fsp3) is 0.222. The number of nitrogens with zero attached hydrogens (tertiary/aromatic N) is 1. The van der Waals surface area contributed by atoms with Crippen LogP contribution in [0.1, 0.15) is 22.8 Å². The number of nitrogens with two attached hydrogens (primary N) is 1. The van der Waals surface area contributed by atoms with Gasteiger partial charge in [-0.2, -0.15) is 13.2 Å². The molecule has 0 unspecified atom stereocenters. The van der Waals surface area contributed by atoms with Crippen molar-refractivity contribution in [1.82, 2.24) is 5.32 Å². The van der Waals surface area contributed by atoms with E-state index in [9.17, 15) is 38.0 Å². The largest absolute Gasteiger partial charge is 0.416 e. The van der Waals surface area contributed by atoms with Crippen molar-refractivity contribution in [2.24, 2.45) is 5.73 Å². The van der Waals surface area contributed by atoms with Crippen molar-refractivity contribution in [3.63, 3.8) is 0 Å². The van der Waals surface area contributed by atoms with E-state index in [0.717, 1.165) is 12.1 Å². The zero-order valence-electron chi connectivity index (χ0n) is 14.7. The molecule has 0 aromatic heterocycles. The number of primary amides is 1. The Hall–Kier alpha value is -3.47. The van der Waals surface area contributed by atoms with E-state index >= 15 is 0 Å². The van der Waals surface area contributed by atoms with Crippen molar-refractivity contribution in [3.05, 3.63) is 75.3 Å². The molecule has 29 heavy (non-hydrogen) atoms. The quantitative estimate of drug-likeness (QED) is 0.472. The first kappa shape index (κ1) is 21.8. The number of nitrogens with one attached hydrogen (secondary N) is 1. The molecule has 2 aromatic rings. The standard InChI is InChI=1S/C18H16F3N3O5/c19-18(20,21)12-7-5-10(6-8-12)15(25)17(27)23-13(16(22)26)9-11-3-1-2-4-14(11)24(28)29/h1-8,13,15,25H,9H2,(H2,22,26)(H,23,27)/t13-,15-/m1/s1. The van der Waals surface area contributed by atoms with Crippen LogP contribution in [0.2, 0.25) is 0 Å². The van der Waals surface area contributed by atoms with Gasteiger partial charge in [-0.05, 0) is 17.7 Å². The van der Waals surface area contributed by atoms with Crippen LogP contribution in [0.5, 0.6) is 0 Å². The summed E-state index contributed by atoms with van der Waals surface area (Å²) in [5.74, 6) is -2.09. The summed E-state index contributed by atoms with van der Waals surface area (Å²) in [6.45, 7) is 0. The molecule has 2 aromatic carbocycles. The van der Waals surface area contributed by atoms with E-state index in [1.807, 2.05) is 0 Å². The minimum atomic E-state index is -4.58. The maximum absolute atomic E-state index is 12.6. The smallest absolute Gasteiger partial charge is 0.378 e. The number of aliphatic hydroxyl groups is 1. The van der Waals surface area contributed by atoms with Gasteiger partial charge in [-0.3, -0.25) is 19.7 Å². The number of halogens is 3. The normalized spacial score (nSPS) is 13.4. The fourth-order valence-electron chi connectivity index (χ4n) is 2.56. The molecule has 0 heterocycles. The Morgan fingerprint density at radius 2 is 1.72 bits per heavy atom. The molecule has 154 valence electrons. The van der Waals surface area contributed by atoms with E-state index in [-0.39, 0.29) is 23.2 Å². The zero-order valence-corrected chi connectivity index (χ0v) is 14.7. The third kappa shape index (κ3) is 5.51. The maximum Gasteiger partial charge on any atom is 0.416 e. The Labute approximate surface area is 162 Å². The van der Waals surface area contributed by atoms with E-state index in [1.54, 1.807) is 0 Å².